The first-order valence-corrected chi connectivity index (χ1v) is 9.19. The highest BCUT2D eigenvalue weighted by molar-refractivity contribution is 6.40. The van der Waals surface area contributed by atoms with Crippen molar-refractivity contribution < 1.29 is 14.4 Å². The van der Waals surface area contributed by atoms with Gasteiger partial charge in [0, 0.05) is 5.69 Å². The summed E-state index contributed by atoms with van der Waals surface area (Å²) in [6.07, 6.45) is 1.43. The molecular weight excluding hydrogens is 380 g/mol. The molecule has 0 saturated heterocycles. The molecule has 3 amide bonds. The van der Waals surface area contributed by atoms with Gasteiger partial charge in [-0.2, -0.15) is 5.10 Å². The number of hydrazone groups is 1. The van der Waals surface area contributed by atoms with Gasteiger partial charge in [0.05, 0.1) is 17.5 Å². The van der Waals surface area contributed by atoms with Crippen LogP contribution in [0.15, 0.2) is 84.0 Å². The number of carbonyl (C=O) groups excluding carboxylic acids is 3. The molecule has 7 nitrogen and oxygen atoms in total. The quantitative estimate of drug-likeness (QED) is 0.348. The van der Waals surface area contributed by atoms with Crippen LogP contribution in [0, 0.1) is 6.92 Å². The van der Waals surface area contributed by atoms with Gasteiger partial charge in [-0.3, -0.25) is 14.4 Å². The number of anilines is 2. The highest BCUT2D eigenvalue weighted by atomic mass is 16.2. The first kappa shape index (κ1) is 20.5. The number of carbonyl (C=O) groups is 3. The van der Waals surface area contributed by atoms with E-state index in [0.717, 1.165) is 11.1 Å². The Labute approximate surface area is 173 Å². The van der Waals surface area contributed by atoms with E-state index in [0.29, 0.717) is 5.69 Å². The molecule has 0 aliphatic carbocycles. The normalized spacial score (nSPS) is 10.4. The maximum atomic E-state index is 12.6. The van der Waals surface area contributed by atoms with Gasteiger partial charge in [0.25, 0.3) is 5.91 Å². The molecule has 0 atom stereocenters. The SMILES string of the molecule is Cc1cccc(NC(=O)c2ccccc2NC(=O)C(=O)N/N=C\c2ccccc2)c1. The predicted octanol–water partition coefficient (Wildman–Crippen LogP) is 3.34. The van der Waals surface area contributed by atoms with Crippen LogP contribution in [0.3, 0.4) is 0 Å². The summed E-state index contributed by atoms with van der Waals surface area (Å²) in [6, 6.07) is 22.9. The molecule has 0 heterocycles. The Hall–Kier alpha value is -4.26. The van der Waals surface area contributed by atoms with E-state index in [1.165, 1.54) is 6.21 Å². The Kier molecular flexibility index (Phi) is 6.68. The van der Waals surface area contributed by atoms with Crippen molar-refractivity contribution in [1.29, 1.82) is 0 Å². The standard InChI is InChI=1S/C23H20N4O3/c1-16-8-7-11-18(14-16)25-21(28)19-12-5-6-13-20(19)26-22(29)23(30)27-24-15-17-9-3-2-4-10-17/h2-15H,1H3,(H,25,28)(H,26,29)(H,27,30)/b24-15-. The fourth-order valence-corrected chi connectivity index (χ4v) is 2.65. The number of benzene rings is 3. The van der Waals surface area contributed by atoms with Crippen molar-refractivity contribution in [3.8, 4) is 0 Å². The van der Waals surface area contributed by atoms with Crippen LogP contribution in [-0.4, -0.2) is 23.9 Å². The Morgan fingerprint density at radius 2 is 1.53 bits per heavy atom. The van der Waals surface area contributed by atoms with Crippen LogP contribution < -0.4 is 16.1 Å². The second-order valence-corrected chi connectivity index (χ2v) is 6.43. The highest BCUT2D eigenvalue weighted by Crippen LogP contribution is 2.18. The van der Waals surface area contributed by atoms with Gasteiger partial charge >= 0.3 is 11.8 Å². The van der Waals surface area contributed by atoms with E-state index in [9.17, 15) is 14.4 Å². The fraction of sp³-hybridized carbons (Fsp3) is 0.0435. The summed E-state index contributed by atoms with van der Waals surface area (Å²) in [5, 5.41) is 8.99. The van der Waals surface area contributed by atoms with E-state index in [-0.39, 0.29) is 11.3 Å². The smallest absolute Gasteiger partial charge is 0.322 e. The van der Waals surface area contributed by atoms with E-state index < -0.39 is 17.7 Å². The molecular formula is C23H20N4O3. The van der Waals surface area contributed by atoms with Crippen LogP contribution in [0.2, 0.25) is 0 Å². The minimum atomic E-state index is -0.948. The monoisotopic (exact) mass is 400 g/mol. The third kappa shape index (κ3) is 5.62. The minimum absolute atomic E-state index is 0.217. The van der Waals surface area contributed by atoms with E-state index in [4.69, 9.17) is 0 Å². The third-order valence-electron chi connectivity index (χ3n) is 4.08. The lowest BCUT2D eigenvalue weighted by atomic mass is 10.1. The van der Waals surface area contributed by atoms with Crippen molar-refractivity contribution in [3.63, 3.8) is 0 Å². The number of amides is 3. The van der Waals surface area contributed by atoms with Crippen LogP contribution in [-0.2, 0) is 9.59 Å². The lowest BCUT2D eigenvalue weighted by Gasteiger charge is -2.11. The van der Waals surface area contributed by atoms with Crippen molar-refractivity contribution >= 4 is 35.3 Å². The Morgan fingerprint density at radius 1 is 0.800 bits per heavy atom. The van der Waals surface area contributed by atoms with Crippen molar-refractivity contribution in [3.05, 3.63) is 95.6 Å². The van der Waals surface area contributed by atoms with Gasteiger partial charge in [0.1, 0.15) is 0 Å². The average molecular weight is 400 g/mol. The molecule has 0 spiro atoms. The zero-order valence-electron chi connectivity index (χ0n) is 16.3. The zero-order valence-corrected chi connectivity index (χ0v) is 16.3. The van der Waals surface area contributed by atoms with Gasteiger partial charge in [-0.05, 0) is 42.3 Å². The molecule has 0 fully saturated rings. The number of hydrogen-bond donors (Lipinski definition) is 3. The summed E-state index contributed by atoms with van der Waals surface area (Å²) in [6.45, 7) is 1.92. The molecule has 0 aliphatic rings. The largest absolute Gasteiger partial charge is 0.329 e. The number of rotatable bonds is 5. The maximum absolute atomic E-state index is 12.6. The van der Waals surface area contributed by atoms with Crippen LogP contribution >= 0.6 is 0 Å². The Balaban J connectivity index is 1.64. The third-order valence-corrected chi connectivity index (χ3v) is 4.08. The summed E-state index contributed by atoms with van der Waals surface area (Å²) >= 11 is 0. The Bertz CT molecular complexity index is 1090. The molecule has 0 aromatic heterocycles. The lowest BCUT2D eigenvalue weighted by Crippen LogP contribution is -2.33. The van der Waals surface area contributed by atoms with Gasteiger partial charge in [0.15, 0.2) is 0 Å². The van der Waals surface area contributed by atoms with Gasteiger partial charge in [-0.1, -0.05) is 54.6 Å². The Morgan fingerprint density at radius 3 is 2.30 bits per heavy atom. The number of aryl methyl sites for hydroxylation is 1. The summed E-state index contributed by atoms with van der Waals surface area (Å²) in [4.78, 5) is 36.9. The average Bonchev–Trinajstić information content (AvgIpc) is 2.74. The molecule has 30 heavy (non-hydrogen) atoms. The summed E-state index contributed by atoms with van der Waals surface area (Å²) in [5.41, 5.74) is 5.02. The van der Waals surface area contributed by atoms with Gasteiger partial charge < -0.3 is 10.6 Å². The van der Waals surface area contributed by atoms with Crippen molar-refractivity contribution in [2.24, 2.45) is 5.10 Å². The van der Waals surface area contributed by atoms with Crippen molar-refractivity contribution in [2.45, 2.75) is 6.92 Å². The summed E-state index contributed by atoms with van der Waals surface area (Å²) in [5.74, 6) is -2.29. The van der Waals surface area contributed by atoms with Gasteiger partial charge in [-0.25, -0.2) is 5.43 Å². The number of hydrogen-bond acceptors (Lipinski definition) is 4. The summed E-state index contributed by atoms with van der Waals surface area (Å²) in [7, 11) is 0. The van der Waals surface area contributed by atoms with Crippen molar-refractivity contribution in [2.75, 3.05) is 10.6 Å². The molecule has 3 rings (SSSR count). The minimum Gasteiger partial charge on any atom is -0.322 e. The van der Waals surface area contributed by atoms with Gasteiger partial charge in [-0.15, -0.1) is 0 Å². The number of para-hydroxylation sites is 1. The van der Waals surface area contributed by atoms with Crippen LogP contribution in [0.25, 0.3) is 0 Å². The number of nitrogens with zero attached hydrogens (tertiary/aromatic N) is 1. The molecule has 0 bridgehead atoms. The van der Waals surface area contributed by atoms with E-state index in [2.05, 4.69) is 21.2 Å². The molecule has 0 unspecified atom stereocenters. The summed E-state index contributed by atoms with van der Waals surface area (Å²) < 4.78 is 0. The topological polar surface area (TPSA) is 99.7 Å². The molecule has 3 aromatic carbocycles. The van der Waals surface area contributed by atoms with Crippen LogP contribution in [0.1, 0.15) is 21.5 Å². The molecule has 0 radical (unpaired) electrons. The highest BCUT2D eigenvalue weighted by Gasteiger charge is 2.17. The lowest BCUT2D eigenvalue weighted by molar-refractivity contribution is -0.136. The van der Waals surface area contributed by atoms with Crippen LogP contribution in [0.4, 0.5) is 11.4 Å². The molecule has 3 aromatic rings. The second-order valence-electron chi connectivity index (χ2n) is 6.43. The van der Waals surface area contributed by atoms with E-state index >= 15 is 0 Å². The first-order valence-electron chi connectivity index (χ1n) is 9.19. The number of nitrogens with one attached hydrogen (secondary N) is 3. The molecule has 150 valence electrons. The molecule has 0 saturated carbocycles. The van der Waals surface area contributed by atoms with Crippen molar-refractivity contribution in [1.82, 2.24) is 5.43 Å². The maximum Gasteiger partial charge on any atom is 0.329 e. The predicted molar refractivity (Wildman–Crippen MR) is 116 cm³/mol. The molecule has 3 N–H and O–H groups in total. The zero-order chi connectivity index (χ0) is 21.3. The van der Waals surface area contributed by atoms with E-state index in [1.54, 1.807) is 42.5 Å². The first-order chi connectivity index (χ1) is 14.5. The van der Waals surface area contributed by atoms with E-state index in [1.807, 2.05) is 43.3 Å². The molecule has 0 aliphatic heterocycles. The van der Waals surface area contributed by atoms with Gasteiger partial charge in [0.2, 0.25) is 0 Å². The second kappa shape index (κ2) is 9.79. The fourth-order valence-electron chi connectivity index (χ4n) is 2.65. The van der Waals surface area contributed by atoms with Crippen LogP contribution in [0.5, 0.6) is 0 Å². The molecule has 7 heteroatoms.